The largest absolute Gasteiger partial charge is 0.480 e. The second kappa shape index (κ2) is 8.49. The summed E-state index contributed by atoms with van der Waals surface area (Å²) in [4.78, 5) is 3.76. The van der Waals surface area contributed by atoms with E-state index in [0.717, 1.165) is 6.07 Å². The molecule has 0 fully saturated rings. The highest BCUT2D eigenvalue weighted by atomic mass is 19.4. The van der Waals surface area contributed by atoms with Gasteiger partial charge in [0.25, 0.3) is 5.82 Å². The molecule has 29 heavy (non-hydrogen) atoms. The van der Waals surface area contributed by atoms with Gasteiger partial charge in [0.1, 0.15) is 0 Å². The monoisotopic (exact) mass is 423 g/mol. The van der Waals surface area contributed by atoms with Crippen molar-refractivity contribution in [3.8, 4) is 23.0 Å². The Bertz CT molecular complexity index is 971. The van der Waals surface area contributed by atoms with Gasteiger partial charge in [-0.15, -0.1) is 10.2 Å². The molecule has 0 saturated carbocycles. The Morgan fingerprint density at radius 1 is 0.966 bits per heavy atom. The first kappa shape index (κ1) is 22.2. The average Bonchev–Trinajstić information content (AvgIpc) is 3.10. The van der Waals surface area contributed by atoms with Gasteiger partial charge < -0.3 is 9.47 Å². The predicted molar refractivity (Wildman–Crippen MR) is 88.5 cm³/mol. The van der Waals surface area contributed by atoms with Gasteiger partial charge in [-0.1, -0.05) is 13.8 Å². The van der Waals surface area contributed by atoms with Gasteiger partial charge in [0.05, 0.1) is 18.4 Å². The molecule has 0 amide bonds. The van der Waals surface area contributed by atoms with Crippen LogP contribution in [0.3, 0.4) is 0 Å². The van der Waals surface area contributed by atoms with Gasteiger partial charge in [0.15, 0.2) is 12.3 Å². The van der Waals surface area contributed by atoms with Crippen LogP contribution >= 0.6 is 0 Å². The lowest BCUT2D eigenvalue weighted by Gasteiger charge is -2.12. The molecule has 3 aromatic heterocycles. The molecule has 0 aliphatic heterocycles. The smallest absolute Gasteiger partial charge is 0.453 e. The van der Waals surface area contributed by atoms with E-state index in [9.17, 15) is 26.3 Å². The van der Waals surface area contributed by atoms with Crippen LogP contribution < -0.4 is 9.47 Å². The van der Waals surface area contributed by atoms with E-state index >= 15 is 0 Å². The standard InChI is InChI=1S/C14H9F6N5O2.C2H6/c1-26-11-7(2-5-10(21-11)27-6-13(15,16)17)8-3-4-9-22-23-12(14(18,19)20)25(9)24-8;1-2/h2-5H,6H2,1H3;1-2H3. The van der Waals surface area contributed by atoms with Crippen LogP contribution in [0.5, 0.6) is 11.8 Å². The Morgan fingerprint density at radius 3 is 2.24 bits per heavy atom. The molecule has 0 radical (unpaired) electrons. The number of rotatable bonds is 4. The molecule has 13 heteroatoms. The van der Waals surface area contributed by atoms with Gasteiger partial charge in [-0.25, -0.2) is 0 Å². The second-order valence-corrected chi connectivity index (χ2v) is 5.12. The van der Waals surface area contributed by atoms with Gasteiger partial charge in [0, 0.05) is 6.07 Å². The molecule has 158 valence electrons. The molecule has 0 saturated heterocycles. The van der Waals surface area contributed by atoms with Crippen molar-refractivity contribution in [2.75, 3.05) is 13.7 Å². The van der Waals surface area contributed by atoms with Gasteiger partial charge in [-0.3, -0.25) is 0 Å². The Balaban J connectivity index is 0.00000145. The summed E-state index contributed by atoms with van der Waals surface area (Å²) >= 11 is 0. The van der Waals surface area contributed by atoms with E-state index in [1.165, 1.54) is 25.3 Å². The van der Waals surface area contributed by atoms with Crippen LogP contribution in [-0.2, 0) is 6.18 Å². The van der Waals surface area contributed by atoms with Crippen LogP contribution in [0.4, 0.5) is 26.3 Å². The van der Waals surface area contributed by atoms with Crippen molar-refractivity contribution in [1.29, 1.82) is 0 Å². The van der Waals surface area contributed by atoms with Crippen LogP contribution in [-0.4, -0.2) is 44.7 Å². The number of methoxy groups -OCH3 is 1. The number of alkyl halides is 6. The summed E-state index contributed by atoms with van der Waals surface area (Å²) in [5.41, 5.74) is 0.0169. The van der Waals surface area contributed by atoms with Crippen molar-refractivity contribution in [1.82, 2.24) is 24.8 Å². The number of hydrogen-bond donors (Lipinski definition) is 0. The molecule has 0 aromatic carbocycles. The van der Waals surface area contributed by atoms with E-state index < -0.39 is 24.8 Å². The minimum Gasteiger partial charge on any atom is -0.480 e. The maximum atomic E-state index is 13.0. The summed E-state index contributed by atoms with van der Waals surface area (Å²) in [6.07, 6.45) is -9.33. The van der Waals surface area contributed by atoms with Gasteiger partial charge >= 0.3 is 12.4 Å². The number of ether oxygens (including phenoxy) is 2. The van der Waals surface area contributed by atoms with Gasteiger partial charge in [-0.05, 0) is 18.2 Å². The number of nitrogens with zero attached hydrogens (tertiary/aromatic N) is 5. The number of hydrogen-bond acceptors (Lipinski definition) is 6. The maximum Gasteiger partial charge on any atom is 0.453 e. The quantitative estimate of drug-likeness (QED) is 0.586. The summed E-state index contributed by atoms with van der Waals surface area (Å²) in [7, 11) is 1.19. The van der Waals surface area contributed by atoms with Crippen molar-refractivity contribution < 1.29 is 35.8 Å². The Labute approximate surface area is 160 Å². The Hall–Kier alpha value is -3.12. The van der Waals surface area contributed by atoms with E-state index in [-0.39, 0.29) is 28.7 Å². The van der Waals surface area contributed by atoms with Gasteiger partial charge in [0.2, 0.25) is 11.8 Å². The molecule has 0 aliphatic carbocycles. The van der Waals surface area contributed by atoms with Crippen molar-refractivity contribution in [3.63, 3.8) is 0 Å². The first-order valence-electron chi connectivity index (χ1n) is 8.13. The summed E-state index contributed by atoms with van der Waals surface area (Å²) < 4.78 is 85.5. The number of halogens is 6. The third kappa shape index (κ3) is 5.23. The lowest BCUT2D eigenvalue weighted by Crippen LogP contribution is -2.19. The third-order valence-corrected chi connectivity index (χ3v) is 3.20. The topological polar surface area (TPSA) is 74.4 Å². The Kier molecular flexibility index (Phi) is 6.49. The molecule has 0 atom stereocenters. The van der Waals surface area contributed by atoms with Crippen molar-refractivity contribution in [2.24, 2.45) is 0 Å². The molecule has 0 spiro atoms. The fraction of sp³-hybridized carbons (Fsp3) is 0.375. The lowest BCUT2D eigenvalue weighted by molar-refractivity contribution is -0.154. The van der Waals surface area contributed by atoms with E-state index in [1.807, 2.05) is 13.8 Å². The highest BCUT2D eigenvalue weighted by Gasteiger charge is 2.37. The fourth-order valence-corrected chi connectivity index (χ4v) is 2.12. The lowest BCUT2D eigenvalue weighted by atomic mass is 10.2. The first-order valence-corrected chi connectivity index (χ1v) is 8.13. The highest BCUT2D eigenvalue weighted by molar-refractivity contribution is 5.66. The minimum absolute atomic E-state index is 0.0134. The molecular weight excluding hydrogens is 408 g/mol. The Morgan fingerprint density at radius 2 is 1.66 bits per heavy atom. The van der Waals surface area contributed by atoms with Crippen molar-refractivity contribution in [3.05, 3.63) is 30.1 Å². The normalized spacial score (nSPS) is 11.8. The summed E-state index contributed by atoms with van der Waals surface area (Å²) in [5.74, 6) is -1.87. The van der Waals surface area contributed by atoms with Crippen LogP contribution in [0.15, 0.2) is 24.3 Å². The molecule has 0 N–H and O–H groups in total. The number of pyridine rings is 1. The van der Waals surface area contributed by atoms with Crippen LogP contribution in [0, 0.1) is 0 Å². The molecule has 0 aliphatic rings. The SMILES string of the molecule is CC.COc1nc(OCC(F)(F)F)ccc1-c1ccc2nnc(C(F)(F)F)n2n1. The van der Waals surface area contributed by atoms with E-state index in [1.54, 1.807) is 0 Å². The summed E-state index contributed by atoms with van der Waals surface area (Å²) in [5, 5.41) is 10.3. The van der Waals surface area contributed by atoms with Crippen molar-refractivity contribution in [2.45, 2.75) is 26.2 Å². The average molecular weight is 423 g/mol. The first-order chi connectivity index (χ1) is 13.6. The maximum absolute atomic E-state index is 13.0. The zero-order valence-corrected chi connectivity index (χ0v) is 15.3. The fourth-order valence-electron chi connectivity index (χ4n) is 2.12. The van der Waals surface area contributed by atoms with E-state index in [0.29, 0.717) is 4.52 Å². The zero-order chi connectivity index (χ0) is 21.8. The minimum atomic E-state index is -4.78. The molecule has 0 bridgehead atoms. The number of aromatic nitrogens is 5. The van der Waals surface area contributed by atoms with E-state index in [4.69, 9.17) is 4.74 Å². The molecule has 7 nitrogen and oxygen atoms in total. The summed E-state index contributed by atoms with van der Waals surface area (Å²) in [6.45, 7) is 2.45. The molecule has 0 unspecified atom stereocenters. The van der Waals surface area contributed by atoms with E-state index in [2.05, 4.69) is 25.0 Å². The molecular formula is C16H15F6N5O2. The molecule has 3 rings (SSSR count). The second-order valence-electron chi connectivity index (χ2n) is 5.12. The summed E-state index contributed by atoms with van der Waals surface area (Å²) in [6, 6.07) is 4.98. The molecule has 3 aromatic rings. The zero-order valence-electron chi connectivity index (χ0n) is 15.3. The van der Waals surface area contributed by atoms with Crippen molar-refractivity contribution >= 4 is 5.65 Å². The van der Waals surface area contributed by atoms with Crippen LogP contribution in [0.1, 0.15) is 19.7 Å². The van der Waals surface area contributed by atoms with Crippen LogP contribution in [0.2, 0.25) is 0 Å². The number of fused-ring (bicyclic) bond motifs is 1. The highest BCUT2D eigenvalue weighted by Crippen LogP contribution is 2.31. The predicted octanol–water partition coefficient (Wildman–Crippen LogP) is 4.18. The third-order valence-electron chi connectivity index (χ3n) is 3.20. The van der Waals surface area contributed by atoms with Crippen LogP contribution in [0.25, 0.3) is 16.9 Å². The van der Waals surface area contributed by atoms with Gasteiger partial charge in [-0.2, -0.15) is 40.9 Å². The molecule has 3 heterocycles.